The molecule has 0 saturated heterocycles. The van der Waals surface area contributed by atoms with E-state index in [0.29, 0.717) is 15.4 Å². The highest BCUT2D eigenvalue weighted by Crippen LogP contribution is 2.31. The van der Waals surface area contributed by atoms with Gasteiger partial charge in [-0.1, -0.05) is 44.0 Å². The lowest BCUT2D eigenvalue weighted by molar-refractivity contribution is 0.149. The molecule has 0 aliphatic heterocycles. The van der Waals surface area contributed by atoms with Gasteiger partial charge in [0.25, 0.3) is 6.43 Å². The van der Waals surface area contributed by atoms with Crippen molar-refractivity contribution in [2.75, 3.05) is 0 Å². The van der Waals surface area contributed by atoms with Crippen molar-refractivity contribution in [1.82, 2.24) is 0 Å². The van der Waals surface area contributed by atoms with Gasteiger partial charge >= 0.3 is 0 Å². The predicted octanol–water partition coefficient (Wildman–Crippen LogP) is 4.28. The van der Waals surface area contributed by atoms with Crippen molar-refractivity contribution in [2.45, 2.75) is 11.8 Å². The molecule has 0 bridgehead atoms. The lowest BCUT2D eigenvalue weighted by Crippen LogP contribution is -1.92. The van der Waals surface area contributed by atoms with Crippen LogP contribution in [0.15, 0.2) is 22.7 Å². The topological polar surface area (TPSA) is 0 Å². The van der Waals surface area contributed by atoms with Gasteiger partial charge in [-0.05, 0) is 11.6 Å². The monoisotopic (exact) mass is 298 g/mol. The molecule has 0 nitrogen and oxygen atoms in total. The van der Waals surface area contributed by atoms with Crippen LogP contribution >= 0.6 is 31.9 Å². The van der Waals surface area contributed by atoms with Crippen molar-refractivity contribution in [3.63, 3.8) is 0 Å². The van der Waals surface area contributed by atoms with Crippen LogP contribution in [-0.4, -0.2) is 0 Å². The van der Waals surface area contributed by atoms with E-state index in [1.54, 1.807) is 18.2 Å². The number of rotatable bonds is 2. The van der Waals surface area contributed by atoms with Crippen LogP contribution in [0.2, 0.25) is 0 Å². The molecule has 0 unspecified atom stereocenters. The van der Waals surface area contributed by atoms with Crippen molar-refractivity contribution < 1.29 is 8.78 Å². The first-order valence-corrected chi connectivity index (χ1v) is 5.19. The van der Waals surface area contributed by atoms with Crippen LogP contribution in [0.4, 0.5) is 8.78 Å². The minimum atomic E-state index is -2.42. The van der Waals surface area contributed by atoms with E-state index < -0.39 is 6.43 Å². The van der Waals surface area contributed by atoms with E-state index in [1.807, 2.05) is 0 Å². The summed E-state index contributed by atoms with van der Waals surface area (Å²) in [5.74, 6) is 0. The summed E-state index contributed by atoms with van der Waals surface area (Å²) in [5, 5.41) is 0.451. The maximum atomic E-state index is 12.4. The van der Waals surface area contributed by atoms with Gasteiger partial charge in [-0.2, -0.15) is 0 Å². The first kappa shape index (κ1) is 10.1. The van der Waals surface area contributed by atoms with Gasteiger partial charge in [-0.25, -0.2) is 8.78 Å². The molecule has 1 aromatic carbocycles. The molecular formula is C8H6Br2F2. The summed E-state index contributed by atoms with van der Waals surface area (Å²) < 4.78 is 25.3. The Morgan fingerprint density at radius 3 is 2.42 bits per heavy atom. The summed E-state index contributed by atoms with van der Waals surface area (Å²) in [5.41, 5.74) is 0.703. The molecule has 0 amide bonds. The highest BCUT2D eigenvalue weighted by atomic mass is 79.9. The molecule has 1 rings (SSSR count). The first-order valence-electron chi connectivity index (χ1n) is 3.28. The number of halogens is 4. The highest BCUT2D eigenvalue weighted by molar-refractivity contribution is 9.10. The predicted molar refractivity (Wildman–Crippen MR) is 51.7 cm³/mol. The van der Waals surface area contributed by atoms with E-state index in [-0.39, 0.29) is 5.56 Å². The third-order valence-corrected chi connectivity index (χ3v) is 2.80. The molecule has 0 atom stereocenters. The smallest absolute Gasteiger partial charge is 0.205 e. The molecule has 0 heterocycles. The molecule has 0 fully saturated rings. The quantitative estimate of drug-likeness (QED) is 0.715. The summed E-state index contributed by atoms with van der Waals surface area (Å²) >= 11 is 6.24. The van der Waals surface area contributed by atoms with Gasteiger partial charge in [-0.3, -0.25) is 0 Å². The van der Waals surface area contributed by atoms with Crippen LogP contribution in [0, 0.1) is 0 Å². The summed E-state index contributed by atoms with van der Waals surface area (Å²) in [6.45, 7) is 0. The fraction of sp³-hybridized carbons (Fsp3) is 0.250. The Labute approximate surface area is 86.2 Å². The van der Waals surface area contributed by atoms with Crippen molar-refractivity contribution in [1.29, 1.82) is 0 Å². The van der Waals surface area contributed by atoms with Crippen LogP contribution in [0.1, 0.15) is 17.6 Å². The van der Waals surface area contributed by atoms with Crippen LogP contribution in [0.25, 0.3) is 0 Å². The van der Waals surface area contributed by atoms with Gasteiger partial charge in [-0.15, -0.1) is 0 Å². The Morgan fingerprint density at radius 2 is 2.00 bits per heavy atom. The molecule has 0 saturated carbocycles. The second-order valence-electron chi connectivity index (χ2n) is 2.25. The Balaban J connectivity index is 3.20. The molecule has 12 heavy (non-hydrogen) atoms. The van der Waals surface area contributed by atoms with E-state index in [9.17, 15) is 8.78 Å². The molecule has 66 valence electrons. The van der Waals surface area contributed by atoms with Crippen molar-refractivity contribution in [3.8, 4) is 0 Å². The average molecular weight is 300 g/mol. The number of benzene rings is 1. The molecule has 0 aromatic heterocycles. The highest BCUT2D eigenvalue weighted by Gasteiger charge is 2.14. The molecule has 0 spiro atoms. The van der Waals surface area contributed by atoms with E-state index >= 15 is 0 Å². The van der Waals surface area contributed by atoms with E-state index in [4.69, 9.17) is 0 Å². The van der Waals surface area contributed by atoms with Crippen molar-refractivity contribution in [2.24, 2.45) is 0 Å². The fourth-order valence-electron chi connectivity index (χ4n) is 0.943. The zero-order valence-corrected chi connectivity index (χ0v) is 9.20. The number of hydrogen-bond acceptors (Lipinski definition) is 0. The Bertz CT molecular complexity index is 274. The van der Waals surface area contributed by atoms with Gasteiger partial charge < -0.3 is 0 Å². The minimum Gasteiger partial charge on any atom is -0.205 e. The van der Waals surface area contributed by atoms with Gasteiger partial charge in [0.05, 0.1) is 0 Å². The molecule has 4 heteroatoms. The van der Waals surface area contributed by atoms with E-state index in [2.05, 4.69) is 31.9 Å². The van der Waals surface area contributed by atoms with E-state index in [0.717, 1.165) is 0 Å². The van der Waals surface area contributed by atoms with Crippen LogP contribution in [-0.2, 0) is 5.33 Å². The minimum absolute atomic E-state index is 0.0781. The van der Waals surface area contributed by atoms with Crippen molar-refractivity contribution in [3.05, 3.63) is 33.8 Å². The molecule has 0 aliphatic rings. The average Bonchev–Trinajstić information content (AvgIpc) is 2.03. The summed E-state index contributed by atoms with van der Waals surface area (Å²) in [6, 6.07) is 5.04. The number of hydrogen-bond donors (Lipinski definition) is 0. The second kappa shape index (κ2) is 4.33. The Kier molecular flexibility index (Phi) is 3.65. The third-order valence-electron chi connectivity index (χ3n) is 1.51. The van der Waals surface area contributed by atoms with E-state index in [1.165, 1.54) is 0 Å². The summed E-state index contributed by atoms with van der Waals surface area (Å²) in [7, 11) is 0. The zero-order chi connectivity index (χ0) is 9.14. The lowest BCUT2D eigenvalue weighted by Gasteiger charge is -2.07. The second-order valence-corrected chi connectivity index (χ2v) is 3.66. The largest absolute Gasteiger partial charge is 0.265 e. The maximum absolute atomic E-state index is 12.4. The zero-order valence-electron chi connectivity index (χ0n) is 6.03. The fourth-order valence-corrected chi connectivity index (χ4v) is 2.01. The Hall–Kier alpha value is 0.0400. The molecule has 1 aromatic rings. The first-order chi connectivity index (χ1) is 5.66. The van der Waals surface area contributed by atoms with Crippen LogP contribution in [0.5, 0.6) is 0 Å². The van der Waals surface area contributed by atoms with Crippen LogP contribution < -0.4 is 0 Å². The SMILES string of the molecule is FC(F)c1c(Br)cccc1CBr. The normalized spacial score (nSPS) is 10.8. The third kappa shape index (κ3) is 2.04. The Morgan fingerprint density at radius 1 is 1.33 bits per heavy atom. The summed E-state index contributed by atoms with van der Waals surface area (Å²) in [6.07, 6.45) is -2.42. The molecule has 0 N–H and O–H groups in total. The van der Waals surface area contributed by atoms with Gasteiger partial charge in [0, 0.05) is 15.4 Å². The molecule has 0 radical (unpaired) electrons. The lowest BCUT2D eigenvalue weighted by atomic mass is 10.1. The van der Waals surface area contributed by atoms with Gasteiger partial charge in [0.1, 0.15) is 0 Å². The maximum Gasteiger partial charge on any atom is 0.265 e. The summed E-state index contributed by atoms with van der Waals surface area (Å²) in [4.78, 5) is 0. The molecular weight excluding hydrogens is 294 g/mol. The molecule has 0 aliphatic carbocycles. The van der Waals surface area contributed by atoms with Crippen LogP contribution in [0.3, 0.4) is 0 Å². The standard InChI is InChI=1S/C8H6Br2F2/c9-4-5-2-1-3-6(10)7(5)8(11)12/h1-3,8H,4H2. The van der Waals surface area contributed by atoms with Gasteiger partial charge in [0.2, 0.25) is 0 Å². The number of alkyl halides is 3. The van der Waals surface area contributed by atoms with Crippen molar-refractivity contribution >= 4 is 31.9 Å². The van der Waals surface area contributed by atoms with Gasteiger partial charge in [0.15, 0.2) is 0 Å².